The largest absolute Gasteiger partial charge is 0.392 e. The Morgan fingerprint density at radius 3 is 2.64 bits per heavy atom. The second-order valence-corrected chi connectivity index (χ2v) is 5.01. The van der Waals surface area contributed by atoms with Gasteiger partial charge in [-0.25, -0.2) is 0 Å². The van der Waals surface area contributed by atoms with Crippen LogP contribution in [0.5, 0.6) is 0 Å². The van der Waals surface area contributed by atoms with Crippen LogP contribution in [-0.2, 0) is 0 Å². The Labute approximate surface area is 86.5 Å². The van der Waals surface area contributed by atoms with Crippen LogP contribution in [0.3, 0.4) is 0 Å². The Morgan fingerprint density at radius 2 is 2.14 bits per heavy atom. The molecule has 14 heavy (non-hydrogen) atoms. The van der Waals surface area contributed by atoms with E-state index >= 15 is 0 Å². The Morgan fingerprint density at radius 1 is 1.36 bits per heavy atom. The third kappa shape index (κ3) is 2.69. The lowest BCUT2D eigenvalue weighted by Gasteiger charge is -2.31. The molecule has 0 radical (unpaired) electrons. The zero-order chi connectivity index (χ0) is 9.97. The molecule has 0 amide bonds. The molecule has 0 aromatic heterocycles. The molecule has 1 aliphatic heterocycles. The highest BCUT2D eigenvalue weighted by Gasteiger charge is 2.25. The summed E-state index contributed by atoms with van der Waals surface area (Å²) in [6, 6.07) is 0.509. The monoisotopic (exact) mass is 198 g/mol. The average Bonchev–Trinajstić information content (AvgIpc) is 2.44. The first-order chi connectivity index (χ1) is 6.74. The van der Waals surface area contributed by atoms with Crippen LogP contribution in [0.4, 0.5) is 0 Å². The Kier molecular flexibility index (Phi) is 3.42. The SMILES string of the molecule is CN(CC1CCC1)CC1CC(O)CN1. The number of aliphatic hydroxyl groups is 1. The predicted octanol–water partition coefficient (Wildman–Crippen LogP) is 0.441. The quantitative estimate of drug-likeness (QED) is 0.688. The van der Waals surface area contributed by atoms with Crippen LogP contribution in [0.1, 0.15) is 25.7 Å². The summed E-state index contributed by atoms with van der Waals surface area (Å²) in [7, 11) is 2.20. The minimum Gasteiger partial charge on any atom is -0.392 e. The minimum absolute atomic E-state index is 0.114. The second-order valence-electron chi connectivity index (χ2n) is 5.01. The second kappa shape index (κ2) is 4.60. The molecule has 2 unspecified atom stereocenters. The van der Waals surface area contributed by atoms with E-state index in [1.165, 1.54) is 25.8 Å². The molecule has 0 aromatic rings. The standard InChI is InChI=1S/C11H22N2O/c1-13(7-9-3-2-4-9)8-10-5-11(14)6-12-10/h9-12,14H,2-8H2,1H3. The first-order valence-corrected chi connectivity index (χ1v) is 5.84. The fourth-order valence-electron chi connectivity index (χ4n) is 2.50. The molecule has 3 heteroatoms. The number of nitrogens with zero attached hydrogens (tertiary/aromatic N) is 1. The van der Waals surface area contributed by atoms with Crippen LogP contribution in [0.2, 0.25) is 0 Å². The topological polar surface area (TPSA) is 35.5 Å². The van der Waals surface area contributed by atoms with Crippen LogP contribution < -0.4 is 5.32 Å². The van der Waals surface area contributed by atoms with Gasteiger partial charge in [0.2, 0.25) is 0 Å². The van der Waals surface area contributed by atoms with E-state index in [1.807, 2.05) is 0 Å². The molecule has 2 fully saturated rings. The third-order valence-electron chi connectivity index (χ3n) is 3.53. The fourth-order valence-corrected chi connectivity index (χ4v) is 2.50. The summed E-state index contributed by atoms with van der Waals surface area (Å²) < 4.78 is 0. The van der Waals surface area contributed by atoms with Crippen LogP contribution >= 0.6 is 0 Å². The maximum atomic E-state index is 9.37. The number of β-amino-alcohol motifs (C(OH)–C–C–N with tert-alkyl or cyclic N) is 1. The van der Waals surface area contributed by atoms with Gasteiger partial charge in [0.15, 0.2) is 0 Å². The molecular formula is C11H22N2O. The maximum Gasteiger partial charge on any atom is 0.0680 e. The van der Waals surface area contributed by atoms with Gasteiger partial charge in [0.25, 0.3) is 0 Å². The summed E-state index contributed by atoms with van der Waals surface area (Å²) in [5.74, 6) is 0.950. The lowest BCUT2D eigenvalue weighted by atomic mass is 9.85. The van der Waals surface area contributed by atoms with E-state index in [-0.39, 0.29) is 6.10 Å². The van der Waals surface area contributed by atoms with Gasteiger partial charge in [-0.05, 0) is 32.2 Å². The van der Waals surface area contributed by atoms with Crippen molar-refractivity contribution in [3.8, 4) is 0 Å². The van der Waals surface area contributed by atoms with E-state index in [2.05, 4.69) is 17.3 Å². The number of aliphatic hydroxyl groups excluding tert-OH is 1. The molecule has 2 atom stereocenters. The van der Waals surface area contributed by atoms with Crippen molar-refractivity contribution in [3.05, 3.63) is 0 Å². The van der Waals surface area contributed by atoms with Crippen molar-refractivity contribution in [1.82, 2.24) is 10.2 Å². The molecule has 2 N–H and O–H groups in total. The van der Waals surface area contributed by atoms with Crippen molar-refractivity contribution < 1.29 is 5.11 Å². The lowest BCUT2D eigenvalue weighted by molar-refractivity contribution is 0.178. The van der Waals surface area contributed by atoms with E-state index < -0.39 is 0 Å². The normalized spacial score (nSPS) is 33.6. The van der Waals surface area contributed by atoms with Gasteiger partial charge in [-0.3, -0.25) is 0 Å². The highest BCUT2D eigenvalue weighted by Crippen LogP contribution is 2.26. The Bertz CT molecular complexity index is 182. The van der Waals surface area contributed by atoms with Gasteiger partial charge in [0, 0.05) is 25.7 Å². The molecule has 0 aromatic carbocycles. The zero-order valence-corrected chi connectivity index (χ0v) is 9.08. The van der Waals surface area contributed by atoms with Gasteiger partial charge in [-0.2, -0.15) is 0 Å². The van der Waals surface area contributed by atoms with Crippen molar-refractivity contribution >= 4 is 0 Å². The Hall–Kier alpha value is -0.120. The Balaban J connectivity index is 1.63. The van der Waals surface area contributed by atoms with E-state index in [0.29, 0.717) is 6.04 Å². The van der Waals surface area contributed by atoms with E-state index in [4.69, 9.17) is 0 Å². The predicted molar refractivity (Wildman–Crippen MR) is 57.3 cm³/mol. The minimum atomic E-state index is -0.114. The molecule has 1 heterocycles. The highest BCUT2D eigenvalue weighted by molar-refractivity contribution is 4.83. The van der Waals surface area contributed by atoms with Gasteiger partial charge < -0.3 is 15.3 Å². The van der Waals surface area contributed by atoms with E-state index in [0.717, 1.165) is 25.4 Å². The smallest absolute Gasteiger partial charge is 0.0680 e. The van der Waals surface area contributed by atoms with Crippen molar-refractivity contribution in [2.45, 2.75) is 37.8 Å². The zero-order valence-electron chi connectivity index (χ0n) is 9.08. The van der Waals surface area contributed by atoms with E-state index in [1.54, 1.807) is 0 Å². The molecule has 1 saturated heterocycles. The van der Waals surface area contributed by atoms with Gasteiger partial charge >= 0.3 is 0 Å². The van der Waals surface area contributed by atoms with Crippen LogP contribution in [-0.4, -0.2) is 48.8 Å². The number of hydrogen-bond acceptors (Lipinski definition) is 3. The number of rotatable bonds is 4. The third-order valence-corrected chi connectivity index (χ3v) is 3.53. The summed E-state index contributed by atoms with van der Waals surface area (Å²) in [6.07, 6.45) is 5.08. The molecule has 82 valence electrons. The van der Waals surface area contributed by atoms with E-state index in [9.17, 15) is 5.11 Å². The number of likely N-dealkylation sites (N-methyl/N-ethyl adjacent to an activating group) is 1. The number of hydrogen-bond donors (Lipinski definition) is 2. The molecule has 2 rings (SSSR count). The number of nitrogens with one attached hydrogen (secondary N) is 1. The highest BCUT2D eigenvalue weighted by atomic mass is 16.3. The van der Waals surface area contributed by atoms with Gasteiger partial charge in [0.05, 0.1) is 6.10 Å². The summed E-state index contributed by atoms with van der Waals surface area (Å²) in [4.78, 5) is 2.42. The lowest BCUT2D eigenvalue weighted by Crippen LogP contribution is -2.38. The van der Waals surface area contributed by atoms with Gasteiger partial charge in [-0.15, -0.1) is 0 Å². The van der Waals surface area contributed by atoms with Crippen LogP contribution in [0.15, 0.2) is 0 Å². The van der Waals surface area contributed by atoms with Crippen molar-refractivity contribution in [3.63, 3.8) is 0 Å². The van der Waals surface area contributed by atoms with Gasteiger partial charge in [-0.1, -0.05) is 6.42 Å². The van der Waals surface area contributed by atoms with Crippen molar-refractivity contribution in [2.24, 2.45) is 5.92 Å². The van der Waals surface area contributed by atoms with Gasteiger partial charge in [0.1, 0.15) is 0 Å². The molecule has 0 spiro atoms. The van der Waals surface area contributed by atoms with Crippen molar-refractivity contribution in [1.29, 1.82) is 0 Å². The molecule has 3 nitrogen and oxygen atoms in total. The average molecular weight is 198 g/mol. The molecule has 0 bridgehead atoms. The maximum absolute atomic E-state index is 9.37. The summed E-state index contributed by atoms with van der Waals surface area (Å²) in [5.41, 5.74) is 0. The summed E-state index contributed by atoms with van der Waals surface area (Å²) in [6.45, 7) is 3.11. The molecule has 1 saturated carbocycles. The fraction of sp³-hybridized carbons (Fsp3) is 1.00. The molecule has 2 aliphatic rings. The summed E-state index contributed by atoms with van der Waals surface area (Å²) in [5, 5.41) is 12.7. The first-order valence-electron chi connectivity index (χ1n) is 5.84. The first kappa shape index (κ1) is 10.4. The molecular weight excluding hydrogens is 176 g/mol. The van der Waals surface area contributed by atoms with Crippen LogP contribution in [0, 0.1) is 5.92 Å². The summed E-state index contributed by atoms with van der Waals surface area (Å²) >= 11 is 0. The van der Waals surface area contributed by atoms with Crippen LogP contribution in [0.25, 0.3) is 0 Å². The van der Waals surface area contributed by atoms with Crippen molar-refractivity contribution in [2.75, 3.05) is 26.7 Å². The molecule has 1 aliphatic carbocycles.